The zero-order chi connectivity index (χ0) is 26.1. The number of ether oxygens (including phenoxy) is 2. The normalized spacial score (nSPS) is 13.1. The number of amides is 1. The molecule has 8 nitrogen and oxygen atoms in total. The van der Waals surface area contributed by atoms with Crippen LogP contribution in [0.15, 0.2) is 41.3 Å². The van der Waals surface area contributed by atoms with Crippen LogP contribution in [0.4, 0.5) is 23.2 Å². The van der Waals surface area contributed by atoms with Gasteiger partial charge < -0.3 is 14.8 Å². The van der Waals surface area contributed by atoms with Crippen molar-refractivity contribution >= 4 is 32.9 Å². The SMILES string of the molecule is COc1c(Cl)cc(F)cc1Oc1nnc(C(F)(F)F)c(C)c1C(=O)Nc1cccc(S(C)(=N)=O)c1. The first-order valence-corrected chi connectivity index (χ1v) is 11.9. The summed E-state index contributed by atoms with van der Waals surface area (Å²) in [6, 6.07) is 7.22. The number of aromatic nitrogens is 2. The molecule has 1 unspecified atom stereocenters. The molecule has 2 N–H and O–H groups in total. The van der Waals surface area contributed by atoms with E-state index < -0.39 is 50.3 Å². The lowest BCUT2D eigenvalue weighted by Gasteiger charge is -2.17. The second kappa shape index (κ2) is 9.66. The van der Waals surface area contributed by atoms with E-state index in [0.717, 1.165) is 19.1 Å². The molecule has 1 aromatic heterocycles. The lowest BCUT2D eigenvalue weighted by Crippen LogP contribution is -2.21. The quantitative estimate of drug-likeness (QED) is 0.394. The van der Waals surface area contributed by atoms with Crippen molar-refractivity contribution in [1.82, 2.24) is 10.2 Å². The molecule has 3 rings (SSSR count). The van der Waals surface area contributed by atoms with Gasteiger partial charge in [-0.15, -0.1) is 10.2 Å². The minimum absolute atomic E-state index is 0.0522. The first-order chi connectivity index (χ1) is 16.2. The van der Waals surface area contributed by atoms with E-state index in [9.17, 15) is 26.6 Å². The van der Waals surface area contributed by atoms with Crippen molar-refractivity contribution in [2.75, 3.05) is 18.7 Å². The predicted octanol–water partition coefficient (Wildman–Crippen LogP) is 5.68. The summed E-state index contributed by atoms with van der Waals surface area (Å²) in [7, 11) is -1.93. The van der Waals surface area contributed by atoms with E-state index in [-0.39, 0.29) is 27.1 Å². The molecule has 0 aliphatic carbocycles. The zero-order valence-electron chi connectivity index (χ0n) is 18.3. The van der Waals surface area contributed by atoms with Gasteiger partial charge >= 0.3 is 6.18 Å². The molecule has 0 spiro atoms. The van der Waals surface area contributed by atoms with E-state index in [2.05, 4.69) is 15.5 Å². The third-order valence-corrected chi connectivity index (χ3v) is 6.04. The highest BCUT2D eigenvalue weighted by molar-refractivity contribution is 7.91. The number of carbonyl (C=O) groups excluding carboxylic acids is 1. The molecule has 0 radical (unpaired) electrons. The summed E-state index contributed by atoms with van der Waals surface area (Å²) in [4.78, 5) is 13.2. The van der Waals surface area contributed by atoms with Crippen molar-refractivity contribution in [3.05, 3.63) is 64.1 Å². The minimum Gasteiger partial charge on any atom is -0.491 e. The Morgan fingerprint density at radius 3 is 2.49 bits per heavy atom. The molecule has 3 aromatic rings. The van der Waals surface area contributed by atoms with Crippen LogP contribution in [0, 0.1) is 17.5 Å². The number of carbonyl (C=O) groups is 1. The number of nitrogens with zero attached hydrogens (tertiary/aromatic N) is 2. The Morgan fingerprint density at radius 1 is 1.20 bits per heavy atom. The van der Waals surface area contributed by atoms with Crippen LogP contribution in [0.2, 0.25) is 5.02 Å². The molecule has 35 heavy (non-hydrogen) atoms. The van der Waals surface area contributed by atoms with Crippen LogP contribution in [0.3, 0.4) is 0 Å². The molecule has 1 amide bonds. The Morgan fingerprint density at radius 2 is 1.89 bits per heavy atom. The number of rotatable bonds is 6. The summed E-state index contributed by atoms with van der Waals surface area (Å²) in [5.41, 5.74) is -2.65. The molecule has 186 valence electrons. The third kappa shape index (κ3) is 5.80. The molecule has 0 aliphatic heterocycles. The monoisotopic (exact) mass is 532 g/mol. The van der Waals surface area contributed by atoms with Crippen molar-refractivity contribution < 1.29 is 36.0 Å². The predicted molar refractivity (Wildman–Crippen MR) is 119 cm³/mol. The van der Waals surface area contributed by atoms with Gasteiger partial charge in [0, 0.05) is 22.9 Å². The van der Waals surface area contributed by atoms with Crippen molar-refractivity contribution in [3.8, 4) is 17.4 Å². The second-order valence-corrected chi connectivity index (χ2v) is 9.76. The topological polar surface area (TPSA) is 114 Å². The lowest BCUT2D eigenvalue weighted by atomic mass is 10.1. The molecule has 0 saturated carbocycles. The fourth-order valence-corrected chi connectivity index (χ4v) is 4.00. The third-order valence-electron chi connectivity index (χ3n) is 4.61. The summed E-state index contributed by atoms with van der Waals surface area (Å²) < 4.78 is 84.5. The molecule has 0 fully saturated rings. The van der Waals surface area contributed by atoms with Gasteiger partial charge in [-0.25, -0.2) is 13.4 Å². The van der Waals surface area contributed by atoms with Crippen LogP contribution in [-0.4, -0.2) is 33.7 Å². The Hall–Kier alpha value is -3.45. The number of anilines is 1. The first kappa shape index (κ1) is 26.2. The van der Waals surface area contributed by atoms with Crippen molar-refractivity contribution in [2.24, 2.45) is 0 Å². The smallest absolute Gasteiger partial charge is 0.435 e. The molecular weight excluding hydrogens is 516 g/mol. The van der Waals surface area contributed by atoms with Crippen molar-refractivity contribution in [2.45, 2.75) is 18.0 Å². The van der Waals surface area contributed by atoms with Gasteiger partial charge in [0.2, 0.25) is 0 Å². The van der Waals surface area contributed by atoms with Crippen LogP contribution in [-0.2, 0) is 15.9 Å². The second-order valence-electron chi connectivity index (χ2n) is 7.20. The van der Waals surface area contributed by atoms with Gasteiger partial charge in [0.15, 0.2) is 17.2 Å². The Kier molecular flexibility index (Phi) is 7.22. The fourth-order valence-electron chi connectivity index (χ4n) is 3.03. The lowest BCUT2D eigenvalue weighted by molar-refractivity contribution is -0.142. The summed E-state index contributed by atoms with van der Waals surface area (Å²) in [5, 5.41) is 8.72. The molecule has 0 bridgehead atoms. The van der Waals surface area contributed by atoms with E-state index in [1.807, 2.05) is 0 Å². The number of alkyl halides is 3. The van der Waals surface area contributed by atoms with Crippen molar-refractivity contribution in [1.29, 1.82) is 4.78 Å². The Balaban J connectivity index is 2.13. The van der Waals surface area contributed by atoms with Gasteiger partial charge in [0.05, 0.1) is 21.9 Å². The van der Waals surface area contributed by atoms with Crippen LogP contribution < -0.4 is 14.8 Å². The highest BCUT2D eigenvalue weighted by Gasteiger charge is 2.38. The number of halogens is 5. The average Bonchev–Trinajstić information content (AvgIpc) is 2.72. The van der Waals surface area contributed by atoms with E-state index in [1.165, 1.54) is 37.6 Å². The molecule has 1 atom stereocenters. The van der Waals surface area contributed by atoms with Gasteiger partial charge in [-0.2, -0.15) is 13.2 Å². The molecule has 2 aromatic carbocycles. The van der Waals surface area contributed by atoms with Crippen LogP contribution >= 0.6 is 11.6 Å². The fraction of sp³-hybridized carbons (Fsp3) is 0.190. The molecule has 1 heterocycles. The number of hydrogen-bond donors (Lipinski definition) is 2. The van der Waals surface area contributed by atoms with E-state index >= 15 is 0 Å². The molecular formula is C21H17ClF4N4O4S. The Labute approximate surface area is 202 Å². The minimum atomic E-state index is -4.94. The van der Waals surface area contributed by atoms with Crippen molar-refractivity contribution in [3.63, 3.8) is 0 Å². The average molecular weight is 533 g/mol. The highest BCUT2D eigenvalue weighted by Crippen LogP contribution is 2.40. The number of nitrogens with one attached hydrogen (secondary N) is 2. The van der Waals surface area contributed by atoms with Crippen LogP contribution in [0.5, 0.6) is 17.4 Å². The first-order valence-electron chi connectivity index (χ1n) is 9.53. The largest absolute Gasteiger partial charge is 0.491 e. The standard InChI is InChI=1S/C21H17ClF4N4O4S/c1-10-16(19(31)28-12-5-4-6-13(9-12)35(3,27)32)20(30-29-18(10)21(24,25)26)34-15-8-11(23)7-14(22)17(15)33-2/h4-9,27H,1-3H3,(H,28,31). The number of benzene rings is 2. The summed E-state index contributed by atoms with van der Waals surface area (Å²) in [5.74, 6) is -3.11. The van der Waals surface area contributed by atoms with Gasteiger partial charge in [0.25, 0.3) is 11.8 Å². The van der Waals surface area contributed by atoms with E-state index in [0.29, 0.717) is 0 Å². The van der Waals surface area contributed by atoms with Gasteiger partial charge in [-0.1, -0.05) is 17.7 Å². The number of hydrogen-bond acceptors (Lipinski definition) is 7. The molecule has 14 heteroatoms. The highest BCUT2D eigenvalue weighted by atomic mass is 35.5. The summed E-state index contributed by atoms with van der Waals surface area (Å²) in [6.07, 6.45) is -3.77. The van der Waals surface area contributed by atoms with Crippen LogP contribution in [0.25, 0.3) is 0 Å². The van der Waals surface area contributed by atoms with Gasteiger partial charge in [0.1, 0.15) is 11.4 Å². The van der Waals surface area contributed by atoms with Crippen LogP contribution in [0.1, 0.15) is 21.6 Å². The van der Waals surface area contributed by atoms with Gasteiger partial charge in [-0.05, 0) is 36.8 Å². The Bertz CT molecular complexity index is 1420. The molecule has 0 saturated heterocycles. The maximum Gasteiger partial charge on any atom is 0.435 e. The number of methoxy groups -OCH3 is 1. The molecule has 0 aliphatic rings. The van der Waals surface area contributed by atoms with E-state index in [1.54, 1.807) is 0 Å². The zero-order valence-corrected chi connectivity index (χ0v) is 19.9. The van der Waals surface area contributed by atoms with E-state index in [4.69, 9.17) is 25.9 Å². The maximum atomic E-state index is 13.9. The van der Waals surface area contributed by atoms with Gasteiger partial charge in [-0.3, -0.25) is 4.79 Å². The summed E-state index contributed by atoms with van der Waals surface area (Å²) >= 11 is 5.93. The summed E-state index contributed by atoms with van der Waals surface area (Å²) in [6.45, 7) is 0.994. The maximum absolute atomic E-state index is 13.9.